The average Bonchev–Trinajstić information content (AvgIpc) is 2.67. The highest BCUT2D eigenvalue weighted by Crippen LogP contribution is 2.20. The molecule has 0 spiro atoms. The zero-order valence-electron chi connectivity index (χ0n) is 12.0. The minimum Gasteiger partial charge on any atom is -0.356 e. The van der Waals surface area contributed by atoms with Gasteiger partial charge in [0.25, 0.3) is 0 Å². The fraction of sp³-hybridized carbons (Fsp3) is 0.714. The van der Waals surface area contributed by atoms with E-state index >= 15 is 0 Å². The number of aromatic nitrogens is 2. The number of nitrogens with zero attached hydrogens (tertiary/aromatic N) is 1. The van der Waals surface area contributed by atoms with Crippen molar-refractivity contribution in [2.45, 2.75) is 53.4 Å². The number of H-pyrrole nitrogens is 1. The van der Waals surface area contributed by atoms with E-state index in [1.807, 2.05) is 13.1 Å². The van der Waals surface area contributed by atoms with Crippen LogP contribution in [0.15, 0.2) is 6.20 Å². The normalized spacial score (nSPS) is 11.6. The lowest BCUT2D eigenvalue weighted by atomic mass is 9.90. The van der Waals surface area contributed by atoms with Crippen molar-refractivity contribution in [1.82, 2.24) is 15.5 Å². The Morgan fingerprint density at radius 3 is 2.72 bits per heavy atom. The molecule has 102 valence electrons. The first-order chi connectivity index (χ1) is 8.38. The average molecular weight is 251 g/mol. The highest BCUT2D eigenvalue weighted by Gasteiger charge is 2.12. The van der Waals surface area contributed by atoms with Crippen LogP contribution in [0.5, 0.6) is 0 Å². The van der Waals surface area contributed by atoms with Crippen molar-refractivity contribution in [3.8, 4) is 0 Å². The summed E-state index contributed by atoms with van der Waals surface area (Å²) in [5.41, 5.74) is 2.58. The van der Waals surface area contributed by atoms with Crippen LogP contribution in [0.4, 0.5) is 0 Å². The minimum absolute atomic E-state index is 0.161. The Hall–Kier alpha value is -1.32. The molecule has 1 aromatic heterocycles. The summed E-state index contributed by atoms with van der Waals surface area (Å²) in [6.45, 7) is 9.23. The number of carbonyl (C=O) groups is 1. The largest absolute Gasteiger partial charge is 0.356 e. The molecule has 0 fully saturated rings. The highest BCUT2D eigenvalue weighted by molar-refractivity contribution is 5.75. The predicted molar refractivity (Wildman–Crippen MR) is 73.3 cm³/mol. The van der Waals surface area contributed by atoms with Crippen molar-refractivity contribution in [2.24, 2.45) is 5.41 Å². The van der Waals surface area contributed by atoms with Crippen LogP contribution in [0, 0.1) is 12.3 Å². The summed E-state index contributed by atoms with van der Waals surface area (Å²) in [5.74, 6) is 0.161. The van der Waals surface area contributed by atoms with Crippen LogP contribution in [0.2, 0.25) is 0 Å². The highest BCUT2D eigenvalue weighted by atomic mass is 16.1. The molecule has 0 aliphatic carbocycles. The molecule has 1 amide bonds. The fourth-order valence-electron chi connectivity index (χ4n) is 1.71. The topological polar surface area (TPSA) is 57.8 Å². The third-order valence-corrected chi connectivity index (χ3v) is 2.98. The monoisotopic (exact) mass is 251 g/mol. The molecule has 0 bridgehead atoms. The van der Waals surface area contributed by atoms with Gasteiger partial charge in [-0.05, 0) is 37.2 Å². The van der Waals surface area contributed by atoms with Gasteiger partial charge in [-0.15, -0.1) is 0 Å². The zero-order chi connectivity index (χ0) is 13.6. The summed E-state index contributed by atoms with van der Waals surface area (Å²) in [6.07, 6.45) is 5.33. The van der Waals surface area contributed by atoms with Crippen LogP contribution < -0.4 is 5.32 Å². The van der Waals surface area contributed by atoms with E-state index in [1.165, 1.54) is 5.56 Å². The summed E-state index contributed by atoms with van der Waals surface area (Å²) in [7, 11) is 0. The third-order valence-electron chi connectivity index (χ3n) is 2.98. The summed E-state index contributed by atoms with van der Waals surface area (Å²) >= 11 is 0. The second-order valence-corrected chi connectivity index (χ2v) is 6.03. The van der Waals surface area contributed by atoms with Gasteiger partial charge in [-0.25, -0.2) is 0 Å². The van der Waals surface area contributed by atoms with Crippen LogP contribution >= 0.6 is 0 Å². The molecule has 0 aliphatic heterocycles. The van der Waals surface area contributed by atoms with Gasteiger partial charge < -0.3 is 5.32 Å². The Morgan fingerprint density at radius 1 is 1.44 bits per heavy atom. The zero-order valence-corrected chi connectivity index (χ0v) is 12.0. The van der Waals surface area contributed by atoms with Crippen molar-refractivity contribution >= 4 is 5.91 Å². The molecular weight excluding hydrogens is 226 g/mol. The molecule has 2 N–H and O–H groups in total. The Morgan fingerprint density at radius 2 is 2.17 bits per heavy atom. The number of rotatable bonds is 6. The molecule has 1 aromatic rings. The smallest absolute Gasteiger partial charge is 0.220 e. The van der Waals surface area contributed by atoms with Gasteiger partial charge in [0.1, 0.15) is 0 Å². The van der Waals surface area contributed by atoms with Crippen molar-refractivity contribution in [2.75, 3.05) is 6.54 Å². The maximum atomic E-state index is 11.6. The van der Waals surface area contributed by atoms with E-state index in [4.69, 9.17) is 0 Å². The lowest BCUT2D eigenvalue weighted by Gasteiger charge is -2.17. The molecular formula is C14H25N3O. The van der Waals surface area contributed by atoms with Crippen LogP contribution in [-0.2, 0) is 11.2 Å². The third kappa shape index (κ3) is 5.84. The van der Waals surface area contributed by atoms with E-state index in [0.29, 0.717) is 6.42 Å². The molecule has 0 unspecified atom stereocenters. The Kier molecular flexibility index (Phi) is 5.38. The maximum absolute atomic E-state index is 11.6. The Bertz CT molecular complexity index is 377. The SMILES string of the molecule is Cc1[nH]ncc1CCCNC(=O)CCC(C)(C)C. The first kappa shape index (κ1) is 14.7. The van der Waals surface area contributed by atoms with Crippen molar-refractivity contribution in [1.29, 1.82) is 0 Å². The van der Waals surface area contributed by atoms with Crippen molar-refractivity contribution in [3.05, 3.63) is 17.5 Å². The van der Waals surface area contributed by atoms with Gasteiger partial charge in [0.2, 0.25) is 5.91 Å². The van der Waals surface area contributed by atoms with Crippen molar-refractivity contribution < 1.29 is 4.79 Å². The standard InChI is InChI=1S/C14H25N3O/c1-11-12(10-16-17-11)6-5-9-15-13(18)7-8-14(2,3)4/h10H,5-9H2,1-4H3,(H,15,18)(H,16,17). The number of aromatic amines is 1. The van der Waals surface area contributed by atoms with E-state index < -0.39 is 0 Å². The predicted octanol–water partition coefficient (Wildman–Crippen LogP) is 2.59. The molecule has 0 saturated heterocycles. The first-order valence-corrected chi connectivity index (χ1v) is 6.64. The Labute approximate surface area is 110 Å². The van der Waals surface area contributed by atoms with E-state index in [9.17, 15) is 4.79 Å². The summed E-state index contributed by atoms with van der Waals surface area (Å²) in [4.78, 5) is 11.6. The van der Waals surface area contributed by atoms with E-state index in [1.54, 1.807) is 0 Å². The molecule has 4 nitrogen and oxygen atoms in total. The van der Waals surface area contributed by atoms with Crippen LogP contribution in [-0.4, -0.2) is 22.6 Å². The molecule has 0 radical (unpaired) electrons. The quantitative estimate of drug-likeness (QED) is 0.763. The maximum Gasteiger partial charge on any atom is 0.220 e. The fourth-order valence-corrected chi connectivity index (χ4v) is 1.71. The van der Waals surface area contributed by atoms with E-state index in [-0.39, 0.29) is 11.3 Å². The van der Waals surface area contributed by atoms with Gasteiger partial charge in [-0.2, -0.15) is 5.10 Å². The number of hydrogen-bond acceptors (Lipinski definition) is 2. The summed E-state index contributed by atoms with van der Waals surface area (Å²) in [5, 5.41) is 9.87. The molecule has 1 heterocycles. The minimum atomic E-state index is 0.161. The molecule has 0 atom stereocenters. The molecule has 0 aromatic carbocycles. The second kappa shape index (κ2) is 6.57. The lowest BCUT2D eigenvalue weighted by molar-refractivity contribution is -0.121. The number of carbonyl (C=O) groups excluding carboxylic acids is 1. The van der Waals surface area contributed by atoms with E-state index in [2.05, 4.69) is 36.3 Å². The molecule has 4 heteroatoms. The lowest BCUT2D eigenvalue weighted by Crippen LogP contribution is -2.25. The molecule has 1 rings (SSSR count). The van der Waals surface area contributed by atoms with Crippen molar-refractivity contribution in [3.63, 3.8) is 0 Å². The molecule has 18 heavy (non-hydrogen) atoms. The number of aryl methyl sites for hydroxylation is 2. The van der Waals surface area contributed by atoms with Crippen LogP contribution in [0.3, 0.4) is 0 Å². The van der Waals surface area contributed by atoms with Gasteiger partial charge in [0.15, 0.2) is 0 Å². The van der Waals surface area contributed by atoms with Gasteiger partial charge in [0.05, 0.1) is 6.20 Å². The second-order valence-electron chi connectivity index (χ2n) is 6.03. The van der Waals surface area contributed by atoms with Crippen LogP contribution in [0.1, 0.15) is 51.3 Å². The number of nitrogens with one attached hydrogen (secondary N) is 2. The summed E-state index contributed by atoms with van der Waals surface area (Å²) < 4.78 is 0. The first-order valence-electron chi connectivity index (χ1n) is 6.64. The van der Waals surface area contributed by atoms with Gasteiger partial charge in [-0.1, -0.05) is 20.8 Å². The van der Waals surface area contributed by atoms with E-state index in [0.717, 1.165) is 31.5 Å². The van der Waals surface area contributed by atoms with Gasteiger partial charge >= 0.3 is 0 Å². The molecule has 0 saturated carbocycles. The van der Waals surface area contributed by atoms with Gasteiger partial charge in [-0.3, -0.25) is 9.89 Å². The molecule has 0 aliphatic rings. The number of hydrogen-bond donors (Lipinski definition) is 2. The summed E-state index contributed by atoms with van der Waals surface area (Å²) in [6, 6.07) is 0. The van der Waals surface area contributed by atoms with Crippen LogP contribution in [0.25, 0.3) is 0 Å². The van der Waals surface area contributed by atoms with Gasteiger partial charge in [0, 0.05) is 18.7 Å². The Balaban J connectivity index is 2.11. The number of amides is 1.